The Balaban J connectivity index is 2.35. The number of hydrogen-bond acceptors (Lipinski definition) is 4. The first-order valence-electron chi connectivity index (χ1n) is 6.91. The molecule has 1 heterocycles. The summed E-state index contributed by atoms with van der Waals surface area (Å²) in [5.74, 6) is 0.436. The fourth-order valence-corrected chi connectivity index (χ4v) is 2.32. The van der Waals surface area contributed by atoms with Crippen molar-refractivity contribution in [2.24, 2.45) is 0 Å². The molecule has 2 aromatic rings. The van der Waals surface area contributed by atoms with Crippen LogP contribution in [0.1, 0.15) is 22.7 Å². The smallest absolute Gasteiger partial charge is 0.267 e. The Bertz CT molecular complexity index is 679. The van der Waals surface area contributed by atoms with Crippen LogP contribution in [-0.2, 0) is 6.54 Å². The number of methoxy groups -OCH3 is 1. The van der Waals surface area contributed by atoms with E-state index in [0.717, 1.165) is 0 Å². The Morgan fingerprint density at radius 3 is 2.71 bits per heavy atom. The van der Waals surface area contributed by atoms with Gasteiger partial charge in [-0.2, -0.15) is 0 Å². The molecule has 0 amide bonds. The first kappa shape index (κ1) is 15.3. The lowest BCUT2D eigenvalue weighted by Crippen LogP contribution is -2.30. The van der Waals surface area contributed by atoms with Crippen LogP contribution < -0.4 is 15.6 Å². The first-order chi connectivity index (χ1) is 10.0. The minimum absolute atomic E-state index is 0.0159. The SMILES string of the molecule is CNC(Cn1nc(OC)ccc1=O)c1cc(C)ccc1C. The summed E-state index contributed by atoms with van der Waals surface area (Å²) in [6, 6.07) is 9.38. The normalized spacial score (nSPS) is 12.2. The molecule has 0 bridgehead atoms. The molecule has 2 rings (SSSR count). The summed E-state index contributed by atoms with van der Waals surface area (Å²) >= 11 is 0. The number of nitrogens with zero attached hydrogens (tertiary/aromatic N) is 2. The highest BCUT2D eigenvalue weighted by atomic mass is 16.5. The maximum absolute atomic E-state index is 11.9. The Morgan fingerprint density at radius 1 is 1.29 bits per heavy atom. The van der Waals surface area contributed by atoms with Crippen molar-refractivity contribution in [3.63, 3.8) is 0 Å². The molecule has 0 saturated heterocycles. The van der Waals surface area contributed by atoms with Gasteiger partial charge in [0, 0.05) is 12.1 Å². The second-order valence-electron chi connectivity index (χ2n) is 5.10. The Kier molecular flexibility index (Phi) is 4.75. The van der Waals surface area contributed by atoms with E-state index in [9.17, 15) is 4.79 Å². The number of nitrogens with one attached hydrogen (secondary N) is 1. The average Bonchev–Trinajstić information content (AvgIpc) is 2.49. The van der Waals surface area contributed by atoms with Gasteiger partial charge in [-0.15, -0.1) is 5.10 Å². The summed E-state index contributed by atoms with van der Waals surface area (Å²) in [5, 5.41) is 7.46. The van der Waals surface area contributed by atoms with Gasteiger partial charge in [0.05, 0.1) is 19.7 Å². The highest BCUT2D eigenvalue weighted by Crippen LogP contribution is 2.20. The molecule has 1 N–H and O–H groups in total. The van der Waals surface area contributed by atoms with Gasteiger partial charge in [0.25, 0.3) is 5.56 Å². The number of aromatic nitrogens is 2. The summed E-state index contributed by atoms with van der Waals surface area (Å²) in [7, 11) is 3.43. The molecule has 1 aromatic heterocycles. The standard InChI is InChI=1S/C16H21N3O2/c1-11-5-6-12(2)13(9-11)14(17-3)10-19-16(20)8-7-15(18-19)21-4/h5-9,14,17H,10H2,1-4H3. The van der Waals surface area contributed by atoms with Crippen LogP contribution in [0.25, 0.3) is 0 Å². The van der Waals surface area contributed by atoms with Crippen molar-refractivity contribution in [3.05, 3.63) is 57.4 Å². The zero-order chi connectivity index (χ0) is 15.4. The maximum atomic E-state index is 11.9. The molecule has 5 nitrogen and oxygen atoms in total. The van der Waals surface area contributed by atoms with Crippen LogP contribution in [0.5, 0.6) is 5.88 Å². The van der Waals surface area contributed by atoms with Gasteiger partial charge < -0.3 is 10.1 Å². The minimum atomic E-state index is -0.138. The van der Waals surface area contributed by atoms with Crippen molar-refractivity contribution in [3.8, 4) is 5.88 Å². The first-order valence-corrected chi connectivity index (χ1v) is 6.91. The van der Waals surface area contributed by atoms with Gasteiger partial charge in [-0.3, -0.25) is 4.79 Å². The molecule has 0 aliphatic rings. The molecular formula is C16H21N3O2. The average molecular weight is 287 g/mol. The summed E-state index contributed by atoms with van der Waals surface area (Å²) in [6.07, 6.45) is 0. The maximum Gasteiger partial charge on any atom is 0.267 e. The lowest BCUT2D eigenvalue weighted by Gasteiger charge is -2.20. The Labute approximate surface area is 124 Å². The molecule has 0 spiro atoms. The molecule has 5 heteroatoms. The van der Waals surface area contributed by atoms with Crippen molar-refractivity contribution < 1.29 is 4.74 Å². The lowest BCUT2D eigenvalue weighted by molar-refractivity contribution is 0.364. The molecule has 0 fully saturated rings. The van der Waals surface area contributed by atoms with Gasteiger partial charge in [-0.1, -0.05) is 23.8 Å². The number of rotatable bonds is 5. The van der Waals surface area contributed by atoms with Crippen LogP contribution in [0, 0.1) is 13.8 Å². The van der Waals surface area contributed by atoms with Crippen LogP contribution in [0.2, 0.25) is 0 Å². The van der Waals surface area contributed by atoms with E-state index >= 15 is 0 Å². The number of ether oxygens (including phenoxy) is 1. The second kappa shape index (κ2) is 6.54. The van der Waals surface area contributed by atoms with Gasteiger partial charge in [-0.05, 0) is 32.0 Å². The summed E-state index contributed by atoms with van der Waals surface area (Å²) in [5.41, 5.74) is 3.42. The van der Waals surface area contributed by atoms with E-state index in [4.69, 9.17) is 4.74 Å². The van der Waals surface area contributed by atoms with E-state index in [1.54, 1.807) is 6.07 Å². The fraction of sp³-hybridized carbons (Fsp3) is 0.375. The van der Waals surface area contributed by atoms with Gasteiger partial charge in [0.1, 0.15) is 0 Å². The number of aryl methyl sites for hydroxylation is 2. The monoisotopic (exact) mass is 287 g/mol. The molecule has 112 valence electrons. The quantitative estimate of drug-likeness (QED) is 0.911. The molecular weight excluding hydrogens is 266 g/mol. The molecule has 21 heavy (non-hydrogen) atoms. The van der Waals surface area contributed by atoms with Gasteiger partial charge in [0.2, 0.25) is 5.88 Å². The molecule has 0 radical (unpaired) electrons. The Hall–Kier alpha value is -2.14. The number of hydrogen-bond donors (Lipinski definition) is 1. The van der Waals surface area contributed by atoms with E-state index in [-0.39, 0.29) is 11.6 Å². The molecule has 1 aromatic carbocycles. The predicted octanol–water partition coefficient (Wildman–Crippen LogP) is 1.83. The lowest BCUT2D eigenvalue weighted by atomic mass is 9.99. The molecule has 0 aliphatic carbocycles. The topological polar surface area (TPSA) is 56.1 Å². The zero-order valence-electron chi connectivity index (χ0n) is 12.9. The third-order valence-electron chi connectivity index (χ3n) is 3.57. The third kappa shape index (κ3) is 3.49. The molecule has 0 saturated carbocycles. The van der Waals surface area contributed by atoms with E-state index in [2.05, 4.69) is 42.5 Å². The highest BCUT2D eigenvalue weighted by Gasteiger charge is 2.14. The van der Waals surface area contributed by atoms with Crippen molar-refractivity contribution in [1.29, 1.82) is 0 Å². The number of benzene rings is 1. The summed E-state index contributed by atoms with van der Waals surface area (Å²) in [4.78, 5) is 11.9. The van der Waals surface area contributed by atoms with Crippen molar-refractivity contribution >= 4 is 0 Å². The Morgan fingerprint density at radius 2 is 2.05 bits per heavy atom. The molecule has 1 atom stereocenters. The second-order valence-corrected chi connectivity index (χ2v) is 5.10. The third-order valence-corrected chi connectivity index (χ3v) is 3.57. The van der Waals surface area contributed by atoms with E-state index in [1.807, 2.05) is 7.05 Å². The molecule has 1 unspecified atom stereocenters. The van der Waals surface area contributed by atoms with Crippen molar-refractivity contribution in [1.82, 2.24) is 15.1 Å². The van der Waals surface area contributed by atoms with Crippen LogP contribution in [0.15, 0.2) is 35.1 Å². The van der Waals surface area contributed by atoms with Crippen LogP contribution >= 0.6 is 0 Å². The molecule has 0 aliphatic heterocycles. The van der Waals surface area contributed by atoms with Crippen molar-refractivity contribution in [2.75, 3.05) is 14.2 Å². The largest absolute Gasteiger partial charge is 0.480 e. The number of likely N-dealkylation sites (N-methyl/N-ethyl adjacent to an activating group) is 1. The van der Waals surface area contributed by atoms with Crippen LogP contribution in [0.3, 0.4) is 0 Å². The van der Waals surface area contributed by atoms with Gasteiger partial charge >= 0.3 is 0 Å². The predicted molar refractivity (Wildman–Crippen MR) is 82.8 cm³/mol. The van der Waals surface area contributed by atoms with Crippen LogP contribution in [0.4, 0.5) is 0 Å². The van der Waals surface area contributed by atoms with Crippen LogP contribution in [-0.4, -0.2) is 23.9 Å². The zero-order valence-corrected chi connectivity index (χ0v) is 12.9. The highest BCUT2D eigenvalue weighted by molar-refractivity contribution is 5.33. The van der Waals surface area contributed by atoms with E-state index in [0.29, 0.717) is 12.4 Å². The van der Waals surface area contributed by atoms with Gasteiger partial charge in [0.15, 0.2) is 0 Å². The van der Waals surface area contributed by atoms with E-state index < -0.39 is 0 Å². The minimum Gasteiger partial charge on any atom is -0.480 e. The fourth-order valence-electron chi connectivity index (χ4n) is 2.32. The van der Waals surface area contributed by atoms with Gasteiger partial charge in [-0.25, -0.2) is 4.68 Å². The summed E-state index contributed by atoms with van der Waals surface area (Å²) in [6.45, 7) is 4.59. The van der Waals surface area contributed by atoms with E-state index in [1.165, 1.54) is 34.5 Å². The van der Waals surface area contributed by atoms with Crippen molar-refractivity contribution in [2.45, 2.75) is 26.4 Å². The summed E-state index contributed by atoms with van der Waals surface area (Å²) < 4.78 is 6.51.